The minimum atomic E-state index is -3.08. The van der Waals surface area contributed by atoms with Crippen molar-refractivity contribution >= 4 is 40.0 Å². The summed E-state index contributed by atoms with van der Waals surface area (Å²) in [5, 5.41) is 10.4. The number of halogens is 1. The number of guanidine groups is 1. The smallest absolute Gasteiger partial charge is 0.213 e. The molecule has 138 valence electrons. The van der Waals surface area contributed by atoms with Crippen molar-refractivity contribution in [1.82, 2.24) is 20.1 Å². The van der Waals surface area contributed by atoms with E-state index in [4.69, 9.17) is 4.52 Å². The summed E-state index contributed by atoms with van der Waals surface area (Å²) in [7, 11) is -3.08. The predicted octanol–water partition coefficient (Wildman–Crippen LogP) is 1.16. The van der Waals surface area contributed by atoms with Crippen LogP contribution in [0.3, 0.4) is 0 Å². The van der Waals surface area contributed by atoms with Crippen LogP contribution in [-0.2, 0) is 16.6 Å². The van der Waals surface area contributed by atoms with Crippen molar-refractivity contribution < 1.29 is 12.9 Å². The maximum absolute atomic E-state index is 11.9. The summed E-state index contributed by atoms with van der Waals surface area (Å²) >= 11 is 0. The molecule has 1 fully saturated rings. The molecule has 1 saturated heterocycles. The molecule has 0 aromatic carbocycles. The monoisotopic (exact) mass is 471 g/mol. The topological polar surface area (TPSA) is 99.8 Å². The van der Waals surface area contributed by atoms with E-state index in [1.165, 1.54) is 6.26 Å². The summed E-state index contributed by atoms with van der Waals surface area (Å²) in [5.74, 6) is 0.875. The molecule has 1 aliphatic heterocycles. The number of piperidine rings is 1. The van der Waals surface area contributed by atoms with E-state index in [2.05, 4.69) is 20.8 Å². The maximum Gasteiger partial charge on any atom is 0.213 e. The second kappa shape index (κ2) is 10.2. The van der Waals surface area contributed by atoms with Gasteiger partial charge >= 0.3 is 0 Å². The van der Waals surface area contributed by atoms with Crippen LogP contribution in [0.4, 0.5) is 0 Å². The molecule has 24 heavy (non-hydrogen) atoms. The lowest BCUT2D eigenvalue weighted by molar-refractivity contribution is 0.306. The highest BCUT2D eigenvalue weighted by molar-refractivity contribution is 14.0. The van der Waals surface area contributed by atoms with Crippen molar-refractivity contribution in [2.45, 2.75) is 39.3 Å². The van der Waals surface area contributed by atoms with E-state index in [0.717, 1.165) is 25.1 Å². The summed E-state index contributed by atoms with van der Waals surface area (Å²) in [6, 6.07) is 2.00. The molecule has 0 spiro atoms. The van der Waals surface area contributed by atoms with Crippen LogP contribution in [0.15, 0.2) is 21.8 Å². The van der Waals surface area contributed by atoms with Crippen LogP contribution in [0.2, 0.25) is 0 Å². The van der Waals surface area contributed by atoms with Gasteiger partial charge in [0.05, 0.1) is 12.3 Å². The number of nitrogens with zero attached hydrogens (tertiary/aromatic N) is 3. The molecule has 0 radical (unpaired) electrons. The van der Waals surface area contributed by atoms with Gasteiger partial charge in [0.15, 0.2) is 5.96 Å². The third-order valence-electron chi connectivity index (χ3n) is 3.79. The fraction of sp³-hybridized carbons (Fsp3) is 0.714. The van der Waals surface area contributed by atoms with Crippen molar-refractivity contribution in [2.24, 2.45) is 4.99 Å². The van der Waals surface area contributed by atoms with E-state index in [1.54, 1.807) is 17.3 Å². The average Bonchev–Trinajstić information content (AvgIpc) is 3.07. The van der Waals surface area contributed by atoms with Gasteiger partial charge in [0.25, 0.3) is 0 Å². The van der Waals surface area contributed by atoms with Gasteiger partial charge in [0.1, 0.15) is 12.0 Å². The molecular formula is C14H26IN5O3S. The van der Waals surface area contributed by atoms with Crippen LogP contribution in [0.25, 0.3) is 0 Å². The van der Waals surface area contributed by atoms with Gasteiger partial charge in [-0.2, -0.15) is 0 Å². The van der Waals surface area contributed by atoms with Crippen molar-refractivity contribution in [3.8, 4) is 0 Å². The summed E-state index contributed by atoms with van der Waals surface area (Å²) < 4.78 is 30.1. The molecule has 10 heteroatoms. The first kappa shape index (κ1) is 21.2. The zero-order valence-electron chi connectivity index (χ0n) is 14.1. The molecule has 2 N–H and O–H groups in total. The minimum absolute atomic E-state index is 0. The van der Waals surface area contributed by atoms with Crippen molar-refractivity contribution in [3.05, 3.63) is 18.0 Å². The fourth-order valence-corrected chi connectivity index (χ4v) is 3.59. The third kappa shape index (κ3) is 6.20. The molecule has 0 aliphatic carbocycles. The second-order valence-corrected chi connectivity index (χ2v) is 7.66. The molecular weight excluding hydrogens is 445 g/mol. The number of sulfonamides is 1. The van der Waals surface area contributed by atoms with Gasteiger partial charge in [-0.1, -0.05) is 5.16 Å². The van der Waals surface area contributed by atoms with E-state index in [-0.39, 0.29) is 35.8 Å². The normalized spacial score (nSPS) is 17.3. The number of aromatic nitrogens is 1. The first-order valence-corrected chi connectivity index (χ1v) is 9.58. The Labute approximate surface area is 160 Å². The van der Waals surface area contributed by atoms with Crippen molar-refractivity contribution in [3.63, 3.8) is 0 Å². The van der Waals surface area contributed by atoms with Crippen LogP contribution in [0.1, 0.15) is 32.4 Å². The summed E-state index contributed by atoms with van der Waals surface area (Å²) in [6.45, 7) is 5.99. The number of nitrogens with one attached hydrogen (secondary N) is 2. The summed E-state index contributed by atoms with van der Waals surface area (Å²) in [5.41, 5.74) is 0.770. The zero-order valence-corrected chi connectivity index (χ0v) is 17.2. The molecule has 0 bridgehead atoms. The first-order valence-electron chi connectivity index (χ1n) is 7.97. The minimum Gasteiger partial charge on any atom is -0.364 e. The molecule has 0 unspecified atom stereocenters. The van der Waals surface area contributed by atoms with Gasteiger partial charge in [-0.25, -0.2) is 17.7 Å². The van der Waals surface area contributed by atoms with Crippen molar-refractivity contribution in [2.75, 3.05) is 25.4 Å². The first-order chi connectivity index (χ1) is 11.0. The number of hydrogen-bond donors (Lipinski definition) is 2. The largest absolute Gasteiger partial charge is 0.364 e. The summed E-state index contributed by atoms with van der Waals surface area (Å²) in [4.78, 5) is 4.47. The lowest BCUT2D eigenvalue weighted by Crippen LogP contribution is -2.50. The maximum atomic E-state index is 11.9. The number of hydrogen-bond acceptors (Lipinski definition) is 5. The Kier molecular flexibility index (Phi) is 8.98. The van der Waals surface area contributed by atoms with Crippen LogP contribution in [0, 0.1) is 0 Å². The third-order valence-corrected chi connectivity index (χ3v) is 5.67. The van der Waals surface area contributed by atoms with E-state index in [1.807, 2.05) is 6.92 Å². The van der Waals surface area contributed by atoms with Crippen LogP contribution < -0.4 is 10.6 Å². The van der Waals surface area contributed by atoms with E-state index >= 15 is 0 Å². The molecule has 2 rings (SSSR count). The van der Waals surface area contributed by atoms with E-state index in [9.17, 15) is 8.42 Å². The Balaban J connectivity index is 0.00000288. The highest BCUT2D eigenvalue weighted by atomic mass is 127. The highest BCUT2D eigenvalue weighted by Crippen LogP contribution is 2.14. The molecule has 1 aromatic heterocycles. The lowest BCUT2D eigenvalue weighted by atomic mass is 10.1. The van der Waals surface area contributed by atoms with Gasteiger partial charge < -0.3 is 15.2 Å². The Hall–Kier alpha value is -0.880. The molecule has 8 nitrogen and oxygen atoms in total. The second-order valence-electron chi connectivity index (χ2n) is 5.40. The highest BCUT2D eigenvalue weighted by Gasteiger charge is 2.26. The summed E-state index contributed by atoms with van der Waals surface area (Å²) in [6.07, 6.45) is 3.07. The van der Waals surface area contributed by atoms with E-state index in [0.29, 0.717) is 25.6 Å². The average molecular weight is 471 g/mol. The molecule has 2 heterocycles. The van der Waals surface area contributed by atoms with Crippen LogP contribution in [0.5, 0.6) is 0 Å². The van der Waals surface area contributed by atoms with Gasteiger partial charge in [-0.3, -0.25) is 0 Å². The van der Waals surface area contributed by atoms with Gasteiger partial charge in [0.2, 0.25) is 10.0 Å². The molecule has 1 aliphatic rings. The Morgan fingerprint density at radius 3 is 2.67 bits per heavy atom. The standard InChI is InChI=1S/C14H25N5O3S.HI/c1-3-15-14(16-11-13-7-10-22-18-13)17-12-5-8-19(9-6-12)23(20,21)4-2;/h7,10,12H,3-6,8-9,11H2,1-2H3,(H2,15,16,17);1H. The van der Waals surface area contributed by atoms with Gasteiger partial charge in [-0.05, 0) is 26.7 Å². The molecule has 0 saturated carbocycles. The van der Waals surface area contributed by atoms with Crippen LogP contribution in [-0.4, -0.2) is 55.3 Å². The molecule has 0 amide bonds. The SMILES string of the molecule is CCNC(=NCc1ccon1)NC1CCN(S(=O)(=O)CC)CC1.I. The molecule has 0 atom stereocenters. The Morgan fingerprint density at radius 2 is 2.12 bits per heavy atom. The fourth-order valence-electron chi connectivity index (χ4n) is 2.45. The number of aliphatic imine (C=N–C) groups is 1. The van der Waals surface area contributed by atoms with E-state index < -0.39 is 10.0 Å². The number of rotatable bonds is 6. The predicted molar refractivity (Wildman–Crippen MR) is 104 cm³/mol. The lowest BCUT2D eigenvalue weighted by Gasteiger charge is -2.32. The van der Waals surface area contributed by atoms with Crippen LogP contribution >= 0.6 is 24.0 Å². The van der Waals surface area contributed by atoms with Gasteiger partial charge in [0, 0.05) is 31.7 Å². The molecule has 1 aromatic rings. The Morgan fingerprint density at radius 1 is 1.42 bits per heavy atom. The van der Waals surface area contributed by atoms with Crippen molar-refractivity contribution in [1.29, 1.82) is 0 Å². The Bertz CT molecular complexity index is 598. The quantitative estimate of drug-likeness (QED) is 0.367. The zero-order chi connectivity index (χ0) is 16.7. The van der Waals surface area contributed by atoms with Gasteiger partial charge in [-0.15, -0.1) is 24.0 Å².